The molecule has 0 aliphatic carbocycles. The van der Waals surface area contributed by atoms with Crippen molar-refractivity contribution >= 4 is 16.9 Å². The normalized spacial score (nSPS) is 23.2. The number of rotatable bonds is 6. The van der Waals surface area contributed by atoms with Gasteiger partial charge in [0.25, 0.3) is 0 Å². The number of carbonyl (C=O) groups excluding carboxylic acids is 1. The first kappa shape index (κ1) is 21.8. The minimum absolute atomic E-state index is 0.0411. The molecule has 2 aromatic heterocycles. The van der Waals surface area contributed by atoms with Gasteiger partial charge >= 0.3 is 0 Å². The lowest BCUT2D eigenvalue weighted by molar-refractivity contribution is -0.129. The van der Waals surface area contributed by atoms with Crippen molar-refractivity contribution < 1.29 is 14.3 Å². The average molecular weight is 428 g/mol. The molecule has 4 heterocycles. The van der Waals surface area contributed by atoms with Gasteiger partial charge in [0.05, 0.1) is 11.9 Å². The summed E-state index contributed by atoms with van der Waals surface area (Å²) in [6.45, 7) is 5.79. The van der Waals surface area contributed by atoms with Crippen molar-refractivity contribution in [2.24, 2.45) is 5.92 Å². The fraction of sp³-hybridized carbons (Fsp3) is 0.609. The summed E-state index contributed by atoms with van der Waals surface area (Å²) < 4.78 is 12.0. The second kappa shape index (κ2) is 9.78. The van der Waals surface area contributed by atoms with Gasteiger partial charge in [-0.05, 0) is 50.8 Å². The number of piperidine rings is 1. The molecular weight excluding hydrogens is 394 g/mol. The van der Waals surface area contributed by atoms with Crippen LogP contribution in [0.4, 0.5) is 0 Å². The Balaban J connectivity index is 1.51. The lowest BCUT2D eigenvalue weighted by Crippen LogP contribution is -2.47. The molecular formula is C23H33N5O3. The van der Waals surface area contributed by atoms with E-state index < -0.39 is 0 Å². The SMILES string of the molecule is C[C@H]1C[C@@H](Oc2ncnc3[nH]cc(C4CCOCC4)c23)CN(C(=O)/C=C/CN(C)C)C1. The van der Waals surface area contributed by atoms with Crippen LogP contribution in [0, 0.1) is 5.92 Å². The number of aromatic nitrogens is 3. The van der Waals surface area contributed by atoms with Gasteiger partial charge in [-0.2, -0.15) is 0 Å². The summed E-state index contributed by atoms with van der Waals surface area (Å²) in [4.78, 5) is 28.8. The number of ether oxygens (including phenoxy) is 2. The second-order valence-electron chi connectivity index (χ2n) is 9.02. The summed E-state index contributed by atoms with van der Waals surface area (Å²) in [6.07, 6.45) is 9.95. The Bertz CT molecular complexity index is 919. The van der Waals surface area contributed by atoms with Crippen LogP contribution in [-0.2, 0) is 9.53 Å². The monoisotopic (exact) mass is 427 g/mol. The molecule has 2 aromatic rings. The van der Waals surface area contributed by atoms with Crippen LogP contribution in [0.25, 0.3) is 11.0 Å². The van der Waals surface area contributed by atoms with Crippen molar-refractivity contribution in [1.29, 1.82) is 0 Å². The molecule has 8 nitrogen and oxygen atoms in total. The second-order valence-corrected chi connectivity index (χ2v) is 9.02. The molecule has 2 aliphatic heterocycles. The van der Waals surface area contributed by atoms with Gasteiger partial charge in [-0.15, -0.1) is 0 Å². The highest BCUT2D eigenvalue weighted by Gasteiger charge is 2.30. The summed E-state index contributed by atoms with van der Waals surface area (Å²) >= 11 is 0. The minimum atomic E-state index is -0.0921. The van der Waals surface area contributed by atoms with E-state index in [2.05, 4.69) is 21.9 Å². The maximum Gasteiger partial charge on any atom is 0.246 e. The quantitative estimate of drug-likeness (QED) is 0.714. The number of carbonyl (C=O) groups is 1. The van der Waals surface area contributed by atoms with Crippen molar-refractivity contribution in [1.82, 2.24) is 24.8 Å². The van der Waals surface area contributed by atoms with E-state index in [0.717, 1.165) is 56.6 Å². The number of amides is 1. The maximum absolute atomic E-state index is 12.7. The minimum Gasteiger partial charge on any atom is -0.472 e. The highest BCUT2D eigenvalue weighted by molar-refractivity contribution is 5.88. The summed E-state index contributed by atoms with van der Waals surface area (Å²) in [7, 11) is 3.97. The number of likely N-dealkylation sites (N-methyl/N-ethyl adjacent to an activating group) is 1. The van der Waals surface area contributed by atoms with Gasteiger partial charge in [-0.1, -0.05) is 13.0 Å². The van der Waals surface area contributed by atoms with E-state index in [1.165, 1.54) is 5.56 Å². The molecule has 2 fully saturated rings. The van der Waals surface area contributed by atoms with Crippen LogP contribution in [0.2, 0.25) is 0 Å². The van der Waals surface area contributed by atoms with Crippen LogP contribution in [0.1, 0.15) is 37.7 Å². The van der Waals surface area contributed by atoms with E-state index >= 15 is 0 Å². The van der Waals surface area contributed by atoms with Crippen LogP contribution >= 0.6 is 0 Å². The van der Waals surface area contributed by atoms with Crippen molar-refractivity contribution in [2.75, 3.05) is 46.9 Å². The standard InChI is InChI=1S/C23H33N5O3/c1-16-11-18(14-28(13-16)20(29)5-4-8-27(2)3)31-23-21-19(17-6-9-30-10-7-17)12-24-22(21)25-15-26-23/h4-5,12,15-18H,6-11,13-14H2,1-3H3,(H,24,25,26)/b5-4+/t16-,18+/m0/s1. The Hall–Kier alpha value is -2.45. The summed E-state index contributed by atoms with van der Waals surface area (Å²) in [5.41, 5.74) is 2.01. The van der Waals surface area contributed by atoms with Crippen LogP contribution < -0.4 is 4.74 Å². The van der Waals surface area contributed by atoms with E-state index in [-0.39, 0.29) is 12.0 Å². The zero-order valence-corrected chi connectivity index (χ0v) is 18.7. The van der Waals surface area contributed by atoms with Crippen molar-refractivity contribution in [3.63, 3.8) is 0 Å². The molecule has 8 heteroatoms. The number of nitrogens with one attached hydrogen (secondary N) is 1. The van der Waals surface area contributed by atoms with Crippen LogP contribution in [0.15, 0.2) is 24.7 Å². The Kier molecular flexibility index (Phi) is 6.87. The van der Waals surface area contributed by atoms with Gasteiger partial charge in [0.2, 0.25) is 11.8 Å². The molecule has 31 heavy (non-hydrogen) atoms. The first-order chi connectivity index (χ1) is 15.0. The van der Waals surface area contributed by atoms with Gasteiger partial charge < -0.3 is 24.3 Å². The molecule has 0 radical (unpaired) electrons. The van der Waals surface area contributed by atoms with E-state index in [1.807, 2.05) is 36.2 Å². The molecule has 0 bridgehead atoms. The highest BCUT2D eigenvalue weighted by Crippen LogP contribution is 2.36. The van der Waals surface area contributed by atoms with E-state index in [0.29, 0.717) is 24.3 Å². The third kappa shape index (κ3) is 5.25. The zero-order valence-electron chi connectivity index (χ0n) is 18.7. The lowest BCUT2D eigenvalue weighted by Gasteiger charge is -2.36. The third-order valence-electron chi connectivity index (χ3n) is 6.07. The maximum atomic E-state index is 12.7. The first-order valence-electron chi connectivity index (χ1n) is 11.2. The number of likely N-dealkylation sites (tertiary alicyclic amines) is 1. The molecule has 1 amide bonds. The molecule has 2 saturated heterocycles. The van der Waals surface area contributed by atoms with Gasteiger partial charge in [-0.3, -0.25) is 4.79 Å². The van der Waals surface area contributed by atoms with Gasteiger partial charge in [0, 0.05) is 38.6 Å². The van der Waals surface area contributed by atoms with Gasteiger partial charge in [0.15, 0.2) is 0 Å². The molecule has 2 atom stereocenters. The van der Waals surface area contributed by atoms with Gasteiger partial charge in [-0.25, -0.2) is 9.97 Å². The molecule has 0 saturated carbocycles. The van der Waals surface area contributed by atoms with Crippen molar-refractivity contribution in [3.05, 3.63) is 30.2 Å². The largest absolute Gasteiger partial charge is 0.472 e. The number of hydrogen-bond donors (Lipinski definition) is 1. The molecule has 168 valence electrons. The van der Waals surface area contributed by atoms with Crippen molar-refractivity contribution in [2.45, 2.75) is 38.2 Å². The number of fused-ring (bicyclic) bond motifs is 1. The first-order valence-corrected chi connectivity index (χ1v) is 11.2. The number of nitrogens with zero attached hydrogens (tertiary/aromatic N) is 4. The predicted molar refractivity (Wildman–Crippen MR) is 119 cm³/mol. The Morgan fingerprint density at radius 1 is 1.32 bits per heavy atom. The third-order valence-corrected chi connectivity index (χ3v) is 6.07. The van der Waals surface area contributed by atoms with Crippen LogP contribution in [0.3, 0.4) is 0 Å². The zero-order chi connectivity index (χ0) is 21.8. The number of hydrogen-bond acceptors (Lipinski definition) is 6. The summed E-state index contributed by atoms with van der Waals surface area (Å²) in [5.74, 6) is 1.44. The Labute approximate surface area is 183 Å². The van der Waals surface area contributed by atoms with E-state index in [9.17, 15) is 4.79 Å². The number of H-pyrrole nitrogens is 1. The van der Waals surface area contributed by atoms with Gasteiger partial charge in [0.1, 0.15) is 18.1 Å². The summed E-state index contributed by atoms with van der Waals surface area (Å²) in [5, 5.41) is 0.969. The molecule has 1 N–H and O–H groups in total. The van der Waals surface area contributed by atoms with Crippen LogP contribution in [-0.4, -0.2) is 83.7 Å². The number of aromatic amines is 1. The molecule has 4 rings (SSSR count). The van der Waals surface area contributed by atoms with E-state index in [4.69, 9.17) is 9.47 Å². The fourth-order valence-corrected chi connectivity index (χ4v) is 4.56. The lowest BCUT2D eigenvalue weighted by atomic mass is 9.92. The Morgan fingerprint density at radius 3 is 2.90 bits per heavy atom. The smallest absolute Gasteiger partial charge is 0.246 e. The molecule has 0 unspecified atom stereocenters. The molecule has 2 aliphatic rings. The molecule has 0 spiro atoms. The Morgan fingerprint density at radius 2 is 2.13 bits per heavy atom. The fourth-order valence-electron chi connectivity index (χ4n) is 4.56. The highest BCUT2D eigenvalue weighted by atomic mass is 16.5. The molecule has 0 aromatic carbocycles. The van der Waals surface area contributed by atoms with Crippen LogP contribution in [0.5, 0.6) is 5.88 Å². The van der Waals surface area contributed by atoms with E-state index in [1.54, 1.807) is 12.4 Å². The van der Waals surface area contributed by atoms with Crippen molar-refractivity contribution in [3.8, 4) is 5.88 Å². The summed E-state index contributed by atoms with van der Waals surface area (Å²) in [6, 6.07) is 0. The predicted octanol–water partition coefficient (Wildman–Crippen LogP) is 2.59. The average Bonchev–Trinajstić information content (AvgIpc) is 3.19. The topological polar surface area (TPSA) is 83.6 Å².